The minimum Gasteiger partial charge on any atom is -0.299 e. The van der Waals surface area contributed by atoms with Crippen molar-refractivity contribution in [2.45, 2.75) is 73.1 Å². The zero-order valence-electron chi connectivity index (χ0n) is 14.5. The predicted octanol–water partition coefficient (Wildman–Crippen LogP) is 6.02. The van der Waals surface area contributed by atoms with Crippen molar-refractivity contribution < 1.29 is 4.79 Å². The zero-order chi connectivity index (χ0) is 15.8. The van der Waals surface area contributed by atoms with E-state index in [1.165, 1.54) is 16.7 Å². The number of hydrogen-bond acceptors (Lipinski definition) is 1. The van der Waals surface area contributed by atoms with Gasteiger partial charge in [0, 0.05) is 12.8 Å². The molecule has 0 radical (unpaired) electrons. The highest BCUT2D eigenvalue weighted by atomic mass is 16.1. The topological polar surface area (TPSA) is 17.1 Å². The highest BCUT2D eigenvalue weighted by Gasteiger charge is 2.10. The van der Waals surface area contributed by atoms with Crippen molar-refractivity contribution in [1.29, 1.82) is 0 Å². The van der Waals surface area contributed by atoms with Crippen molar-refractivity contribution in [3.05, 3.63) is 34.9 Å². The third-order valence-corrected chi connectivity index (χ3v) is 4.34. The Bertz CT molecular complexity index is 435. The van der Waals surface area contributed by atoms with Crippen LogP contribution in [0.5, 0.6) is 0 Å². The molecule has 21 heavy (non-hydrogen) atoms. The molecule has 0 aliphatic heterocycles. The fraction of sp³-hybridized carbons (Fsp3) is 0.650. The number of Topliss-reactive ketones (excluding diaryl/α,β-unsaturated/α-hetero) is 1. The summed E-state index contributed by atoms with van der Waals surface area (Å²) in [4.78, 5) is 12.1. The first-order chi connectivity index (χ1) is 9.88. The van der Waals surface area contributed by atoms with E-state index in [2.05, 4.69) is 52.8 Å². The molecule has 0 bridgehead atoms. The first-order valence-corrected chi connectivity index (χ1v) is 8.42. The molecule has 1 atom stereocenters. The van der Waals surface area contributed by atoms with Crippen LogP contribution in [-0.4, -0.2) is 5.78 Å². The molecule has 0 aromatic heterocycles. The molecule has 0 N–H and O–H groups in total. The summed E-state index contributed by atoms with van der Waals surface area (Å²) >= 11 is 0. The summed E-state index contributed by atoms with van der Waals surface area (Å²) in [7, 11) is 0. The lowest BCUT2D eigenvalue weighted by molar-refractivity contribution is -0.119. The summed E-state index contributed by atoms with van der Waals surface area (Å²) < 4.78 is 0. The van der Waals surface area contributed by atoms with E-state index in [-0.39, 0.29) is 0 Å². The predicted molar refractivity (Wildman–Crippen MR) is 92.3 cm³/mol. The lowest BCUT2D eigenvalue weighted by Gasteiger charge is -2.13. The van der Waals surface area contributed by atoms with E-state index in [0.29, 0.717) is 24.0 Å². The van der Waals surface area contributed by atoms with Gasteiger partial charge in [0.2, 0.25) is 0 Å². The van der Waals surface area contributed by atoms with Gasteiger partial charge < -0.3 is 0 Å². The Morgan fingerprint density at radius 1 is 1.10 bits per heavy atom. The molecule has 1 unspecified atom stereocenters. The Hall–Kier alpha value is -1.11. The number of rotatable bonds is 1. The largest absolute Gasteiger partial charge is 0.299 e. The van der Waals surface area contributed by atoms with Crippen LogP contribution in [0.25, 0.3) is 0 Å². The molecular formula is C20H32O. The van der Waals surface area contributed by atoms with Crippen molar-refractivity contribution in [3.8, 4) is 0 Å². The van der Waals surface area contributed by atoms with E-state index in [9.17, 15) is 4.79 Å². The molecule has 0 aromatic rings. The van der Waals surface area contributed by atoms with E-state index in [1.54, 1.807) is 0 Å². The normalized spacial score (nSPS) is 23.2. The number of ketones is 1. The van der Waals surface area contributed by atoms with E-state index in [1.807, 2.05) is 0 Å². The zero-order valence-corrected chi connectivity index (χ0v) is 14.5. The van der Waals surface area contributed by atoms with Crippen molar-refractivity contribution in [2.24, 2.45) is 11.8 Å². The van der Waals surface area contributed by atoms with Crippen LogP contribution in [0.3, 0.4) is 0 Å². The molecule has 1 heteroatoms. The summed E-state index contributed by atoms with van der Waals surface area (Å²) in [5, 5.41) is 0. The van der Waals surface area contributed by atoms with Crippen LogP contribution in [0.4, 0.5) is 0 Å². The van der Waals surface area contributed by atoms with Crippen LogP contribution in [0.2, 0.25) is 0 Å². The van der Waals surface area contributed by atoms with Crippen LogP contribution in [0.1, 0.15) is 73.1 Å². The Morgan fingerprint density at radius 2 is 1.81 bits per heavy atom. The summed E-state index contributed by atoms with van der Waals surface area (Å²) in [5.74, 6) is 1.46. The molecule has 0 spiro atoms. The highest BCUT2D eigenvalue weighted by Crippen LogP contribution is 2.22. The van der Waals surface area contributed by atoms with Gasteiger partial charge in [0.15, 0.2) is 0 Å². The average Bonchev–Trinajstić information content (AvgIpc) is 2.36. The number of carbonyl (C=O) groups excluding carboxylic acids is 1. The first-order valence-electron chi connectivity index (χ1n) is 8.42. The van der Waals surface area contributed by atoms with Gasteiger partial charge >= 0.3 is 0 Å². The second-order valence-corrected chi connectivity index (χ2v) is 7.06. The Morgan fingerprint density at radius 3 is 2.48 bits per heavy atom. The maximum atomic E-state index is 12.1. The molecule has 1 aliphatic carbocycles. The van der Waals surface area contributed by atoms with E-state index >= 15 is 0 Å². The van der Waals surface area contributed by atoms with Gasteiger partial charge in [-0.1, -0.05) is 55.7 Å². The molecule has 1 aliphatic rings. The quantitative estimate of drug-likeness (QED) is 0.539. The number of allylic oxidation sites excluding steroid dienone is 6. The standard InChI is InChI=1S/C20H32O/c1-15(2)19-11-9-16(3)7-6-8-17(4)13-20(21)14-18(5)10-12-19/h7,10,12,15,17H,6,8-9,11,13-14H2,1-5H3. The van der Waals surface area contributed by atoms with Gasteiger partial charge in [0.05, 0.1) is 0 Å². The Kier molecular flexibility index (Phi) is 7.71. The van der Waals surface area contributed by atoms with E-state index in [4.69, 9.17) is 0 Å². The first kappa shape index (κ1) is 17.9. The van der Waals surface area contributed by atoms with Crippen molar-refractivity contribution in [2.75, 3.05) is 0 Å². The fourth-order valence-electron chi connectivity index (χ4n) is 2.80. The molecule has 0 aromatic carbocycles. The molecule has 1 nitrogen and oxygen atoms in total. The molecule has 1 rings (SSSR count). The van der Waals surface area contributed by atoms with E-state index < -0.39 is 0 Å². The molecule has 0 heterocycles. The SMILES string of the molecule is CC1=CCCC(C)CC(=O)CC(C)=CC=C(C(C)C)CC1. The van der Waals surface area contributed by atoms with Crippen LogP contribution in [0, 0.1) is 11.8 Å². The summed E-state index contributed by atoms with van der Waals surface area (Å²) in [6, 6.07) is 0. The summed E-state index contributed by atoms with van der Waals surface area (Å²) in [6.45, 7) is 11.0. The minimum atomic E-state index is 0.383. The van der Waals surface area contributed by atoms with Gasteiger partial charge in [-0.15, -0.1) is 0 Å². The number of carbonyl (C=O) groups is 1. The number of hydrogen-bond donors (Lipinski definition) is 0. The van der Waals surface area contributed by atoms with Gasteiger partial charge in [-0.3, -0.25) is 4.79 Å². The third kappa shape index (κ3) is 7.45. The van der Waals surface area contributed by atoms with Crippen LogP contribution < -0.4 is 0 Å². The molecule has 118 valence electrons. The monoisotopic (exact) mass is 288 g/mol. The van der Waals surface area contributed by atoms with Crippen LogP contribution in [0.15, 0.2) is 34.9 Å². The lowest BCUT2D eigenvalue weighted by Crippen LogP contribution is -2.06. The molecule has 0 fully saturated rings. The average molecular weight is 288 g/mol. The highest BCUT2D eigenvalue weighted by molar-refractivity contribution is 5.80. The molecule has 0 saturated carbocycles. The minimum absolute atomic E-state index is 0.383. The molecule has 0 saturated heterocycles. The Labute approximate surface area is 131 Å². The van der Waals surface area contributed by atoms with Gasteiger partial charge in [0.25, 0.3) is 0 Å². The summed E-state index contributed by atoms with van der Waals surface area (Å²) in [5.41, 5.74) is 4.16. The third-order valence-electron chi connectivity index (χ3n) is 4.34. The van der Waals surface area contributed by atoms with Gasteiger partial charge in [-0.05, 0) is 51.4 Å². The van der Waals surface area contributed by atoms with Crippen LogP contribution in [-0.2, 0) is 4.79 Å². The van der Waals surface area contributed by atoms with Gasteiger partial charge in [-0.2, -0.15) is 0 Å². The van der Waals surface area contributed by atoms with Crippen molar-refractivity contribution in [3.63, 3.8) is 0 Å². The molecular weight excluding hydrogens is 256 g/mol. The maximum absolute atomic E-state index is 12.1. The second kappa shape index (κ2) is 9.02. The lowest BCUT2D eigenvalue weighted by atomic mass is 9.92. The van der Waals surface area contributed by atoms with Crippen LogP contribution >= 0.6 is 0 Å². The fourth-order valence-corrected chi connectivity index (χ4v) is 2.80. The molecule has 0 amide bonds. The maximum Gasteiger partial charge on any atom is 0.137 e. The van der Waals surface area contributed by atoms with Crippen molar-refractivity contribution in [1.82, 2.24) is 0 Å². The van der Waals surface area contributed by atoms with E-state index in [0.717, 1.165) is 32.1 Å². The van der Waals surface area contributed by atoms with Crippen molar-refractivity contribution >= 4 is 5.78 Å². The Balaban J connectivity index is 2.91. The van der Waals surface area contributed by atoms with Gasteiger partial charge in [0.1, 0.15) is 5.78 Å². The second-order valence-electron chi connectivity index (χ2n) is 7.06. The summed E-state index contributed by atoms with van der Waals surface area (Å²) in [6.07, 6.45) is 12.6. The smallest absolute Gasteiger partial charge is 0.137 e. The van der Waals surface area contributed by atoms with Gasteiger partial charge in [-0.25, -0.2) is 0 Å².